The average molecular weight is 343 g/mol. The standard InChI is InChI=1S/C20H13N3O3/c24-19-15-3-1-2-4-16(15)22-18(23-19)13-7-5-12(6-8-13)17-11-14(20(25)26)9-10-21-17/h1-11H,(H,25,26)(H,22,23,24). The van der Waals surface area contributed by atoms with Gasteiger partial charge < -0.3 is 10.1 Å². The van der Waals surface area contributed by atoms with Crippen LogP contribution in [0.5, 0.6) is 0 Å². The van der Waals surface area contributed by atoms with Crippen molar-refractivity contribution in [2.75, 3.05) is 0 Å². The van der Waals surface area contributed by atoms with Gasteiger partial charge in [-0.15, -0.1) is 0 Å². The number of aromatic nitrogens is 3. The minimum absolute atomic E-state index is 0.180. The number of aromatic amines is 1. The van der Waals surface area contributed by atoms with Crippen molar-refractivity contribution in [3.05, 3.63) is 82.8 Å². The largest absolute Gasteiger partial charge is 0.478 e. The van der Waals surface area contributed by atoms with Gasteiger partial charge in [0.1, 0.15) is 5.82 Å². The zero-order valence-electron chi connectivity index (χ0n) is 13.5. The molecule has 0 unspecified atom stereocenters. The fraction of sp³-hybridized carbons (Fsp3) is 0. The molecule has 0 saturated carbocycles. The van der Waals surface area contributed by atoms with E-state index >= 15 is 0 Å². The van der Waals surface area contributed by atoms with Gasteiger partial charge in [0, 0.05) is 17.3 Å². The number of carboxylic acids is 1. The maximum absolute atomic E-state index is 12.2. The monoisotopic (exact) mass is 343 g/mol. The van der Waals surface area contributed by atoms with E-state index in [0.29, 0.717) is 22.4 Å². The Hall–Kier alpha value is -3.80. The highest BCUT2D eigenvalue weighted by atomic mass is 16.4. The maximum atomic E-state index is 12.2. The Morgan fingerprint density at radius 3 is 2.46 bits per heavy atom. The highest BCUT2D eigenvalue weighted by Crippen LogP contribution is 2.22. The lowest BCUT2D eigenvalue weighted by Gasteiger charge is -2.06. The number of carbonyl (C=O) groups is 1. The van der Waals surface area contributed by atoms with Crippen LogP contribution >= 0.6 is 0 Å². The second-order valence-electron chi connectivity index (χ2n) is 5.74. The van der Waals surface area contributed by atoms with Gasteiger partial charge in [0.2, 0.25) is 0 Å². The number of pyridine rings is 1. The van der Waals surface area contributed by atoms with Crippen LogP contribution in [0.2, 0.25) is 0 Å². The van der Waals surface area contributed by atoms with Crippen LogP contribution in [-0.4, -0.2) is 26.0 Å². The topological polar surface area (TPSA) is 95.9 Å². The molecule has 6 nitrogen and oxygen atoms in total. The van der Waals surface area contributed by atoms with Crippen LogP contribution in [0.3, 0.4) is 0 Å². The molecule has 4 rings (SSSR count). The summed E-state index contributed by atoms with van der Waals surface area (Å²) in [7, 11) is 0. The quantitative estimate of drug-likeness (QED) is 0.595. The van der Waals surface area contributed by atoms with E-state index in [1.165, 1.54) is 18.3 Å². The van der Waals surface area contributed by atoms with Gasteiger partial charge in [-0.3, -0.25) is 9.78 Å². The summed E-state index contributed by atoms with van der Waals surface area (Å²) >= 11 is 0. The first-order chi connectivity index (χ1) is 12.6. The van der Waals surface area contributed by atoms with Gasteiger partial charge in [0.05, 0.1) is 22.2 Å². The summed E-state index contributed by atoms with van der Waals surface area (Å²) in [5, 5.41) is 9.64. The Kier molecular flexibility index (Phi) is 3.78. The molecule has 0 bridgehead atoms. The van der Waals surface area contributed by atoms with Crippen molar-refractivity contribution in [1.29, 1.82) is 0 Å². The molecule has 0 fully saturated rings. The van der Waals surface area contributed by atoms with E-state index in [2.05, 4.69) is 15.0 Å². The molecule has 0 radical (unpaired) electrons. The molecule has 0 amide bonds. The number of para-hydroxylation sites is 1. The van der Waals surface area contributed by atoms with E-state index in [1.54, 1.807) is 18.2 Å². The molecule has 6 heteroatoms. The molecule has 2 aromatic carbocycles. The Morgan fingerprint density at radius 1 is 0.962 bits per heavy atom. The Labute approximate surface area is 147 Å². The third kappa shape index (κ3) is 2.84. The Morgan fingerprint density at radius 2 is 1.69 bits per heavy atom. The summed E-state index contributed by atoms with van der Waals surface area (Å²) in [6.07, 6.45) is 1.47. The SMILES string of the molecule is O=C(O)c1ccnc(-c2ccc(-c3nc4ccccc4c(=O)[nH]3)cc2)c1. The summed E-state index contributed by atoms with van der Waals surface area (Å²) in [6.45, 7) is 0. The summed E-state index contributed by atoms with van der Waals surface area (Å²) in [5.74, 6) is -0.518. The van der Waals surface area contributed by atoms with Crippen LogP contribution in [0.1, 0.15) is 10.4 Å². The molecular formula is C20H13N3O3. The first kappa shape index (κ1) is 15.7. The van der Waals surface area contributed by atoms with Crippen molar-refractivity contribution in [2.24, 2.45) is 0 Å². The molecular weight excluding hydrogens is 330 g/mol. The van der Waals surface area contributed by atoms with E-state index in [4.69, 9.17) is 5.11 Å². The lowest BCUT2D eigenvalue weighted by Crippen LogP contribution is -2.09. The smallest absolute Gasteiger partial charge is 0.335 e. The number of benzene rings is 2. The van der Waals surface area contributed by atoms with Crippen molar-refractivity contribution in [3.63, 3.8) is 0 Å². The van der Waals surface area contributed by atoms with Crippen LogP contribution in [0, 0.1) is 0 Å². The molecule has 4 aromatic rings. The van der Waals surface area contributed by atoms with Crippen LogP contribution in [0.4, 0.5) is 0 Å². The fourth-order valence-electron chi connectivity index (χ4n) is 2.74. The van der Waals surface area contributed by atoms with Gasteiger partial charge >= 0.3 is 5.97 Å². The van der Waals surface area contributed by atoms with Crippen LogP contribution in [0.15, 0.2) is 71.7 Å². The Bertz CT molecular complexity index is 1180. The van der Waals surface area contributed by atoms with E-state index in [9.17, 15) is 9.59 Å². The van der Waals surface area contributed by atoms with Gasteiger partial charge in [0.25, 0.3) is 5.56 Å². The Balaban J connectivity index is 1.73. The minimum Gasteiger partial charge on any atom is -0.478 e. The number of aromatic carboxylic acids is 1. The van der Waals surface area contributed by atoms with Crippen LogP contribution in [-0.2, 0) is 0 Å². The lowest BCUT2D eigenvalue weighted by molar-refractivity contribution is 0.0697. The van der Waals surface area contributed by atoms with Crippen LogP contribution < -0.4 is 5.56 Å². The first-order valence-electron chi connectivity index (χ1n) is 7.91. The van der Waals surface area contributed by atoms with Gasteiger partial charge in [-0.05, 0) is 24.3 Å². The number of hydrogen-bond donors (Lipinski definition) is 2. The number of H-pyrrole nitrogens is 1. The van der Waals surface area contributed by atoms with E-state index in [-0.39, 0.29) is 11.1 Å². The lowest BCUT2D eigenvalue weighted by atomic mass is 10.1. The molecule has 0 aliphatic heterocycles. The zero-order valence-corrected chi connectivity index (χ0v) is 13.5. The number of rotatable bonds is 3. The van der Waals surface area contributed by atoms with Gasteiger partial charge in [-0.2, -0.15) is 0 Å². The fourth-order valence-corrected chi connectivity index (χ4v) is 2.74. The molecule has 0 aliphatic carbocycles. The molecule has 0 spiro atoms. The second kappa shape index (κ2) is 6.25. The molecule has 2 aromatic heterocycles. The average Bonchev–Trinajstić information content (AvgIpc) is 2.68. The predicted molar refractivity (Wildman–Crippen MR) is 98.0 cm³/mol. The number of fused-ring (bicyclic) bond motifs is 1. The van der Waals surface area contributed by atoms with E-state index in [0.717, 1.165) is 11.1 Å². The highest BCUT2D eigenvalue weighted by Gasteiger charge is 2.08. The summed E-state index contributed by atoms with van der Waals surface area (Å²) in [6, 6.07) is 17.4. The summed E-state index contributed by atoms with van der Waals surface area (Å²) in [5.41, 5.74) is 2.72. The molecule has 0 atom stereocenters. The number of carboxylic acid groups (broad SMARTS) is 1. The molecule has 2 heterocycles. The van der Waals surface area contributed by atoms with Crippen LogP contribution in [0.25, 0.3) is 33.5 Å². The first-order valence-corrected chi connectivity index (χ1v) is 7.91. The normalized spacial score (nSPS) is 10.8. The van der Waals surface area contributed by atoms with E-state index < -0.39 is 5.97 Å². The number of hydrogen-bond acceptors (Lipinski definition) is 4. The van der Waals surface area contributed by atoms with Crippen molar-refractivity contribution in [3.8, 4) is 22.6 Å². The van der Waals surface area contributed by atoms with Gasteiger partial charge in [-0.25, -0.2) is 9.78 Å². The van der Waals surface area contributed by atoms with Crippen molar-refractivity contribution in [2.45, 2.75) is 0 Å². The van der Waals surface area contributed by atoms with Crippen molar-refractivity contribution < 1.29 is 9.90 Å². The number of nitrogens with one attached hydrogen (secondary N) is 1. The molecule has 26 heavy (non-hydrogen) atoms. The van der Waals surface area contributed by atoms with Crippen molar-refractivity contribution in [1.82, 2.24) is 15.0 Å². The highest BCUT2D eigenvalue weighted by molar-refractivity contribution is 5.88. The predicted octanol–water partition coefficient (Wildman–Crippen LogP) is 3.35. The summed E-state index contributed by atoms with van der Waals surface area (Å²) in [4.78, 5) is 34.8. The van der Waals surface area contributed by atoms with Crippen molar-refractivity contribution >= 4 is 16.9 Å². The molecule has 0 saturated heterocycles. The third-order valence-electron chi connectivity index (χ3n) is 4.07. The minimum atomic E-state index is -0.997. The van der Waals surface area contributed by atoms with Gasteiger partial charge in [-0.1, -0.05) is 36.4 Å². The van der Waals surface area contributed by atoms with E-state index in [1.807, 2.05) is 30.3 Å². The molecule has 2 N–H and O–H groups in total. The molecule has 126 valence electrons. The molecule has 0 aliphatic rings. The maximum Gasteiger partial charge on any atom is 0.335 e. The summed E-state index contributed by atoms with van der Waals surface area (Å²) < 4.78 is 0. The second-order valence-corrected chi connectivity index (χ2v) is 5.74. The zero-order chi connectivity index (χ0) is 18.1. The number of nitrogens with zero attached hydrogens (tertiary/aromatic N) is 2. The third-order valence-corrected chi connectivity index (χ3v) is 4.07. The van der Waals surface area contributed by atoms with Gasteiger partial charge in [0.15, 0.2) is 0 Å².